The summed E-state index contributed by atoms with van der Waals surface area (Å²) in [5.74, 6) is 0.714. The lowest BCUT2D eigenvalue weighted by molar-refractivity contribution is -0.124. The highest BCUT2D eigenvalue weighted by molar-refractivity contribution is 5.95. The number of carbonyl (C=O) groups excluding carboxylic acids is 2. The number of benzene rings is 1. The van der Waals surface area contributed by atoms with Crippen molar-refractivity contribution in [2.24, 2.45) is 0 Å². The second-order valence-corrected chi connectivity index (χ2v) is 6.69. The van der Waals surface area contributed by atoms with Crippen LogP contribution in [0.25, 0.3) is 0 Å². The van der Waals surface area contributed by atoms with Crippen molar-refractivity contribution in [1.82, 2.24) is 5.32 Å². The first kappa shape index (κ1) is 16.8. The molecule has 1 heterocycles. The Hall–Kier alpha value is -2.04. The Morgan fingerprint density at radius 3 is 2.67 bits per heavy atom. The van der Waals surface area contributed by atoms with Crippen LogP contribution in [0.3, 0.4) is 0 Å². The van der Waals surface area contributed by atoms with Crippen LogP contribution in [0.1, 0.15) is 51.4 Å². The molecule has 24 heavy (non-hydrogen) atoms. The molecule has 1 saturated heterocycles. The molecule has 1 aliphatic carbocycles. The molecule has 2 aliphatic rings. The van der Waals surface area contributed by atoms with Gasteiger partial charge in [-0.05, 0) is 31.4 Å². The van der Waals surface area contributed by atoms with Crippen LogP contribution in [0.2, 0.25) is 0 Å². The normalized spacial score (nSPS) is 19.2. The Morgan fingerprint density at radius 1 is 1.17 bits per heavy atom. The third-order valence-electron chi connectivity index (χ3n) is 4.79. The van der Waals surface area contributed by atoms with Crippen LogP contribution in [0.15, 0.2) is 24.3 Å². The molecule has 1 aromatic carbocycles. The molecule has 130 valence electrons. The molecule has 0 radical (unpaired) electrons. The van der Waals surface area contributed by atoms with Gasteiger partial charge in [0.25, 0.3) is 5.91 Å². The highest BCUT2D eigenvalue weighted by Crippen LogP contribution is 2.25. The first-order valence-corrected chi connectivity index (χ1v) is 9.05. The van der Waals surface area contributed by atoms with E-state index in [1.807, 2.05) is 24.3 Å². The first-order valence-electron chi connectivity index (χ1n) is 9.05. The lowest BCUT2D eigenvalue weighted by Crippen LogP contribution is -2.37. The average molecular weight is 330 g/mol. The molecule has 2 amide bonds. The number of nitrogens with zero attached hydrogens (tertiary/aromatic N) is 1. The number of hydrogen-bond donors (Lipinski definition) is 1. The van der Waals surface area contributed by atoms with Gasteiger partial charge < -0.3 is 15.0 Å². The Kier molecular flexibility index (Phi) is 5.72. The topological polar surface area (TPSA) is 58.6 Å². The molecular formula is C19H26N2O3. The molecule has 0 spiro atoms. The number of amides is 2. The van der Waals surface area contributed by atoms with Crippen LogP contribution in [0.4, 0.5) is 5.69 Å². The van der Waals surface area contributed by atoms with Crippen molar-refractivity contribution < 1.29 is 14.3 Å². The third kappa shape index (κ3) is 4.49. The molecule has 0 aromatic heterocycles. The maximum Gasteiger partial charge on any atom is 0.258 e. The average Bonchev–Trinajstić information content (AvgIpc) is 2.85. The smallest absolute Gasteiger partial charge is 0.258 e. The Bertz CT molecular complexity index is 580. The zero-order valence-electron chi connectivity index (χ0n) is 14.1. The minimum atomic E-state index is -0.0652. The van der Waals surface area contributed by atoms with Crippen molar-refractivity contribution in [3.05, 3.63) is 24.3 Å². The SMILES string of the molecule is O=C(COc1cccc(N2CCCC2=O)c1)NC1CCCCCC1. The molecule has 1 saturated carbocycles. The number of anilines is 1. The van der Waals surface area contributed by atoms with E-state index >= 15 is 0 Å². The molecule has 0 atom stereocenters. The molecule has 5 nitrogen and oxygen atoms in total. The summed E-state index contributed by atoms with van der Waals surface area (Å²) in [7, 11) is 0. The van der Waals surface area contributed by atoms with Crippen molar-refractivity contribution in [3.63, 3.8) is 0 Å². The number of ether oxygens (including phenoxy) is 1. The maximum absolute atomic E-state index is 12.1. The van der Waals surface area contributed by atoms with Gasteiger partial charge in [0.1, 0.15) is 5.75 Å². The summed E-state index contributed by atoms with van der Waals surface area (Å²) in [5.41, 5.74) is 0.846. The van der Waals surface area contributed by atoms with Gasteiger partial charge in [0.15, 0.2) is 6.61 Å². The number of nitrogens with one attached hydrogen (secondary N) is 1. The van der Waals surface area contributed by atoms with E-state index in [0.29, 0.717) is 12.2 Å². The van der Waals surface area contributed by atoms with E-state index in [2.05, 4.69) is 5.32 Å². The molecule has 1 aromatic rings. The lowest BCUT2D eigenvalue weighted by Gasteiger charge is -2.18. The van der Waals surface area contributed by atoms with Gasteiger partial charge in [-0.2, -0.15) is 0 Å². The molecule has 0 bridgehead atoms. The summed E-state index contributed by atoms with van der Waals surface area (Å²) in [6, 6.07) is 7.71. The van der Waals surface area contributed by atoms with Crippen LogP contribution < -0.4 is 15.0 Å². The maximum atomic E-state index is 12.1. The second kappa shape index (κ2) is 8.18. The third-order valence-corrected chi connectivity index (χ3v) is 4.79. The monoisotopic (exact) mass is 330 g/mol. The fourth-order valence-corrected chi connectivity index (χ4v) is 3.50. The van der Waals surface area contributed by atoms with E-state index in [-0.39, 0.29) is 24.5 Å². The van der Waals surface area contributed by atoms with Gasteiger partial charge in [-0.25, -0.2) is 0 Å². The lowest BCUT2D eigenvalue weighted by atomic mass is 10.1. The fraction of sp³-hybridized carbons (Fsp3) is 0.579. The zero-order chi connectivity index (χ0) is 16.8. The highest BCUT2D eigenvalue weighted by Gasteiger charge is 2.22. The van der Waals surface area contributed by atoms with E-state index in [1.165, 1.54) is 25.7 Å². The van der Waals surface area contributed by atoms with Gasteiger partial charge in [-0.3, -0.25) is 9.59 Å². The number of carbonyl (C=O) groups is 2. The minimum Gasteiger partial charge on any atom is -0.484 e. The number of rotatable bonds is 5. The minimum absolute atomic E-state index is 0.0217. The van der Waals surface area contributed by atoms with Gasteiger partial charge in [-0.1, -0.05) is 31.7 Å². The van der Waals surface area contributed by atoms with Crippen molar-refractivity contribution in [2.75, 3.05) is 18.1 Å². The van der Waals surface area contributed by atoms with E-state index in [9.17, 15) is 9.59 Å². The van der Waals surface area contributed by atoms with Gasteiger partial charge in [0, 0.05) is 30.8 Å². The summed E-state index contributed by atoms with van der Waals surface area (Å²) in [6.07, 6.45) is 8.56. The van der Waals surface area contributed by atoms with Crippen molar-refractivity contribution in [2.45, 2.75) is 57.4 Å². The molecule has 2 fully saturated rings. The quantitative estimate of drug-likeness (QED) is 0.844. The Labute approximate surface area is 143 Å². The summed E-state index contributed by atoms with van der Waals surface area (Å²) in [5, 5.41) is 3.08. The fourth-order valence-electron chi connectivity index (χ4n) is 3.50. The molecule has 1 aliphatic heterocycles. The van der Waals surface area contributed by atoms with Crippen molar-refractivity contribution in [1.29, 1.82) is 0 Å². The number of hydrogen-bond acceptors (Lipinski definition) is 3. The molecule has 5 heteroatoms. The van der Waals surface area contributed by atoms with Crippen LogP contribution in [0, 0.1) is 0 Å². The summed E-state index contributed by atoms with van der Waals surface area (Å²) >= 11 is 0. The van der Waals surface area contributed by atoms with E-state index < -0.39 is 0 Å². The van der Waals surface area contributed by atoms with Crippen molar-refractivity contribution >= 4 is 17.5 Å². The van der Waals surface area contributed by atoms with Gasteiger partial charge >= 0.3 is 0 Å². The van der Waals surface area contributed by atoms with Gasteiger partial charge in [0.2, 0.25) is 5.91 Å². The van der Waals surface area contributed by atoms with E-state index in [1.54, 1.807) is 4.90 Å². The summed E-state index contributed by atoms with van der Waals surface area (Å²) < 4.78 is 5.63. The van der Waals surface area contributed by atoms with Crippen LogP contribution in [-0.2, 0) is 9.59 Å². The largest absolute Gasteiger partial charge is 0.484 e. The zero-order valence-corrected chi connectivity index (χ0v) is 14.1. The first-order chi connectivity index (χ1) is 11.7. The molecular weight excluding hydrogens is 304 g/mol. The summed E-state index contributed by atoms with van der Waals surface area (Å²) in [6.45, 7) is 0.776. The standard InChI is InChI=1S/C19H26N2O3/c22-18(20-15-7-3-1-2-4-8-15)14-24-17-10-5-9-16(13-17)21-12-6-11-19(21)23/h5,9-10,13,15H,1-4,6-8,11-12,14H2,(H,20,22). The molecule has 0 unspecified atom stereocenters. The second-order valence-electron chi connectivity index (χ2n) is 6.69. The van der Waals surface area contributed by atoms with Crippen LogP contribution in [0.5, 0.6) is 5.75 Å². The molecule has 3 rings (SSSR count). The van der Waals surface area contributed by atoms with E-state index in [0.717, 1.165) is 31.5 Å². The van der Waals surface area contributed by atoms with E-state index in [4.69, 9.17) is 4.74 Å². The molecule has 1 N–H and O–H groups in total. The predicted octanol–water partition coefficient (Wildman–Crippen LogP) is 3.03. The van der Waals surface area contributed by atoms with Crippen LogP contribution in [-0.4, -0.2) is 31.0 Å². The van der Waals surface area contributed by atoms with Gasteiger partial charge in [0.05, 0.1) is 0 Å². The summed E-state index contributed by atoms with van der Waals surface area (Å²) in [4.78, 5) is 25.7. The Balaban J connectivity index is 1.50. The van der Waals surface area contributed by atoms with Gasteiger partial charge in [-0.15, -0.1) is 0 Å². The Morgan fingerprint density at radius 2 is 1.96 bits per heavy atom. The highest BCUT2D eigenvalue weighted by atomic mass is 16.5. The predicted molar refractivity (Wildman–Crippen MR) is 93.2 cm³/mol. The van der Waals surface area contributed by atoms with Crippen LogP contribution >= 0.6 is 0 Å². The van der Waals surface area contributed by atoms with Crippen molar-refractivity contribution in [3.8, 4) is 5.75 Å².